The first kappa shape index (κ1) is 16.3. The van der Waals surface area contributed by atoms with Crippen LogP contribution in [-0.4, -0.2) is 46.6 Å². The van der Waals surface area contributed by atoms with Crippen molar-refractivity contribution in [2.45, 2.75) is 18.9 Å². The monoisotopic (exact) mass is 310 g/mol. The van der Waals surface area contributed by atoms with E-state index in [1.807, 2.05) is 11.8 Å². The molecular formula is C15H22N2O3S. The first-order valence-electron chi connectivity index (χ1n) is 7.24. The average molecular weight is 310 g/mol. The summed E-state index contributed by atoms with van der Waals surface area (Å²) in [6, 6.07) is 6.30. The van der Waals surface area contributed by atoms with Gasteiger partial charge in [-0.25, -0.2) is 0 Å². The largest absolute Gasteiger partial charge is 0.387 e. The van der Waals surface area contributed by atoms with Crippen LogP contribution in [0.1, 0.15) is 24.5 Å². The third-order valence-corrected chi connectivity index (χ3v) is 4.71. The Kier molecular flexibility index (Phi) is 6.02. The molecule has 0 spiro atoms. The number of aliphatic hydroxyl groups is 1. The molecule has 1 saturated heterocycles. The van der Waals surface area contributed by atoms with E-state index < -0.39 is 11.0 Å². The van der Waals surface area contributed by atoms with E-state index in [-0.39, 0.29) is 5.69 Å². The smallest absolute Gasteiger partial charge is 0.269 e. The fraction of sp³-hybridized carbons (Fsp3) is 0.600. The zero-order valence-electron chi connectivity index (χ0n) is 12.3. The number of non-ortho nitro benzene ring substituents is 1. The minimum atomic E-state index is -0.669. The molecular weight excluding hydrogens is 288 g/mol. The zero-order chi connectivity index (χ0) is 15.2. The van der Waals surface area contributed by atoms with Crippen LogP contribution >= 0.6 is 11.8 Å². The van der Waals surface area contributed by atoms with Crippen molar-refractivity contribution in [3.63, 3.8) is 0 Å². The quantitative estimate of drug-likeness (QED) is 0.646. The molecule has 1 aliphatic rings. The highest BCUT2D eigenvalue weighted by molar-refractivity contribution is 7.98. The minimum absolute atomic E-state index is 0.0328. The first-order chi connectivity index (χ1) is 10.1. The van der Waals surface area contributed by atoms with Gasteiger partial charge in [0.05, 0.1) is 11.0 Å². The van der Waals surface area contributed by atoms with Crippen LogP contribution < -0.4 is 0 Å². The number of rotatable bonds is 6. The SMILES string of the molecule is CSCC1CCCN(CC(O)c2cccc([N+](=O)[O-])c2)C1. The molecule has 21 heavy (non-hydrogen) atoms. The molecule has 6 heteroatoms. The van der Waals surface area contributed by atoms with Crippen LogP contribution in [0.2, 0.25) is 0 Å². The highest BCUT2D eigenvalue weighted by atomic mass is 32.2. The Balaban J connectivity index is 1.95. The fourth-order valence-electron chi connectivity index (χ4n) is 2.88. The summed E-state index contributed by atoms with van der Waals surface area (Å²) in [7, 11) is 0. The summed E-state index contributed by atoms with van der Waals surface area (Å²) in [4.78, 5) is 12.6. The van der Waals surface area contributed by atoms with Gasteiger partial charge in [0.25, 0.3) is 5.69 Å². The van der Waals surface area contributed by atoms with Crippen molar-refractivity contribution in [3.05, 3.63) is 39.9 Å². The Hall–Kier alpha value is -1.11. The van der Waals surface area contributed by atoms with Gasteiger partial charge in [-0.3, -0.25) is 10.1 Å². The van der Waals surface area contributed by atoms with Crippen LogP contribution in [0.25, 0.3) is 0 Å². The number of nitrogens with zero attached hydrogens (tertiary/aromatic N) is 2. The lowest BCUT2D eigenvalue weighted by Gasteiger charge is -2.33. The summed E-state index contributed by atoms with van der Waals surface area (Å²) in [6.07, 6.45) is 3.87. The molecule has 0 bridgehead atoms. The van der Waals surface area contributed by atoms with Gasteiger partial charge in [-0.1, -0.05) is 12.1 Å². The Labute approximate surface area is 129 Å². The third kappa shape index (κ3) is 4.69. The standard InChI is InChI=1S/C15H22N2O3S/c1-21-11-12-4-3-7-16(9-12)10-15(18)13-5-2-6-14(8-13)17(19)20/h2,5-6,8,12,15,18H,3-4,7,9-11H2,1H3. The summed E-state index contributed by atoms with van der Waals surface area (Å²) >= 11 is 1.87. The second kappa shape index (κ2) is 7.77. The highest BCUT2D eigenvalue weighted by Gasteiger charge is 2.22. The fourth-order valence-corrected chi connectivity index (χ4v) is 3.63. The van der Waals surface area contributed by atoms with Gasteiger partial charge in [-0.05, 0) is 42.9 Å². The summed E-state index contributed by atoms with van der Waals surface area (Å²) < 4.78 is 0. The normalized spacial score (nSPS) is 21.1. The maximum atomic E-state index is 10.8. The predicted octanol–water partition coefficient (Wildman–Crippen LogP) is 2.70. The van der Waals surface area contributed by atoms with E-state index in [2.05, 4.69) is 11.2 Å². The number of likely N-dealkylation sites (tertiary alicyclic amines) is 1. The van der Waals surface area contributed by atoms with Gasteiger partial charge in [-0.2, -0.15) is 11.8 Å². The maximum absolute atomic E-state index is 10.8. The summed E-state index contributed by atoms with van der Waals surface area (Å²) in [5, 5.41) is 21.1. The summed E-state index contributed by atoms with van der Waals surface area (Å²) in [6.45, 7) is 2.55. The Bertz CT molecular complexity index is 482. The van der Waals surface area contributed by atoms with E-state index in [4.69, 9.17) is 0 Å². The van der Waals surface area contributed by atoms with Crippen LogP contribution in [0.15, 0.2) is 24.3 Å². The van der Waals surface area contributed by atoms with E-state index in [0.717, 1.165) is 25.3 Å². The second-order valence-corrected chi connectivity index (χ2v) is 6.50. The molecule has 1 aliphatic heterocycles. The van der Waals surface area contributed by atoms with Crippen molar-refractivity contribution in [2.75, 3.05) is 31.6 Å². The van der Waals surface area contributed by atoms with Crippen molar-refractivity contribution in [1.29, 1.82) is 0 Å². The molecule has 1 heterocycles. The lowest BCUT2D eigenvalue weighted by atomic mass is 9.99. The summed E-state index contributed by atoms with van der Waals surface area (Å²) in [5.41, 5.74) is 0.654. The number of nitro groups is 1. The molecule has 0 saturated carbocycles. The van der Waals surface area contributed by atoms with Gasteiger partial charge in [0.1, 0.15) is 0 Å². The molecule has 1 N–H and O–H groups in total. The second-order valence-electron chi connectivity index (χ2n) is 5.59. The number of hydrogen-bond donors (Lipinski definition) is 1. The Morgan fingerprint density at radius 3 is 3.10 bits per heavy atom. The van der Waals surface area contributed by atoms with Crippen molar-refractivity contribution in [3.8, 4) is 0 Å². The Morgan fingerprint density at radius 2 is 2.38 bits per heavy atom. The van der Waals surface area contributed by atoms with Crippen LogP contribution in [0, 0.1) is 16.0 Å². The topological polar surface area (TPSA) is 66.6 Å². The van der Waals surface area contributed by atoms with E-state index >= 15 is 0 Å². The molecule has 5 nitrogen and oxygen atoms in total. The number of β-amino-alcohol motifs (C(OH)–C–C–N with tert-alkyl or cyclic N) is 1. The van der Waals surface area contributed by atoms with Gasteiger partial charge in [0, 0.05) is 25.2 Å². The van der Waals surface area contributed by atoms with Crippen molar-refractivity contribution in [1.82, 2.24) is 4.90 Å². The molecule has 1 fully saturated rings. The number of benzene rings is 1. The lowest BCUT2D eigenvalue weighted by molar-refractivity contribution is -0.385. The van der Waals surface area contributed by atoms with Crippen LogP contribution in [0.4, 0.5) is 5.69 Å². The third-order valence-electron chi connectivity index (χ3n) is 3.90. The summed E-state index contributed by atoms with van der Waals surface area (Å²) in [5.74, 6) is 1.84. The highest BCUT2D eigenvalue weighted by Crippen LogP contribution is 2.24. The van der Waals surface area contributed by atoms with Crippen molar-refractivity contribution in [2.24, 2.45) is 5.92 Å². The van der Waals surface area contributed by atoms with E-state index in [1.165, 1.54) is 18.6 Å². The maximum Gasteiger partial charge on any atom is 0.269 e. The number of piperidine rings is 1. The van der Waals surface area contributed by atoms with Crippen LogP contribution in [0.5, 0.6) is 0 Å². The molecule has 1 aromatic rings. The van der Waals surface area contributed by atoms with E-state index in [0.29, 0.717) is 18.0 Å². The van der Waals surface area contributed by atoms with Gasteiger partial charge in [-0.15, -0.1) is 0 Å². The molecule has 0 aliphatic carbocycles. The molecule has 0 aromatic heterocycles. The average Bonchev–Trinajstić information content (AvgIpc) is 2.48. The number of aliphatic hydroxyl groups excluding tert-OH is 1. The van der Waals surface area contributed by atoms with Gasteiger partial charge < -0.3 is 10.0 Å². The van der Waals surface area contributed by atoms with E-state index in [1.54, 1.807) is 12.1 Å². The number of thioether (sulfide) groups is 1. The molecule has 116 valence electrons. The molecule has 2 unspecified atom stereocenters. The molecule has 2 rings (SSSR count). The number of nitro benzene ring substituents is 1. The van der Waals surface area contributed by atoms with E-state index in [9.17, 15) is 15.2 Å². The molecule has 2 atom stereocenters. The molecule has 0 amide bonds. The predicted molar refractivity (Wildman–Crippen MR) is 85.6 cm³/mol. The Morgan fingerprint density at radius 1 is 1.57 bits per heavy atom. The minimum Gasteiger partial charge on any atom is -0.387 e. The van der Waals surface area contributed by atoms with Crippen molar-refractivity contribution < 1.29 is 10.0 Å². The molecule has 0 radical (unpaired) electrons. The lowest BCUT2D eigenvalue weighted by Crippen LogP contribution is -2.38. The first-order valence-corrected chi connectivity index (χ1v) is 8.63. The van der Waals surface area contributed by atoms with Crippen LogP contribution in [-0.2, 0) is 0 Å². The van der Waals surface area contributed by atoms with Crippen molar-refractivity contribution >= 4 is 17.4 Å². The van der Waals surface area contributed by atoms with Crippen LogP contribution in [0.3, 0.4) is 0 Å². The van der Waals surface area contributed by atoms with Gasteiger partial charge in [0.15, 0.2) is 0 Å². The molecule has 1 aromatic carbocycles. The van der Waals surface area contributed by atoms with Gasteiger partial charge in [0.2, 0.25) is 0 Å². The number of hydrogen-bond acceptors (Lipinski definition) is 5. The zero-order valence-corrected chi connectivity index (χ0v) is 13.1. The van der Waals surface area contributed by atoms with Gasteiger partial charge >= 0.3 is 0 Å².